The van der Waals surface area contributed by atoms with Crippen LogP contribution in [0.5, 0.6) is 0 Å². The van der Waals surface area contributed by atoms with E-state index in [1.807, 2.05) is 0 Å². The Morgan fingerprint density at radius 2 is 2.00 bits per heavy atom. The lowest BCUT2D eigenvalue weighted by Crippen LogP contribution is -2.08. The minimum Gasteiger partial charge on any atom is -0.252 e. The molecule has 0 N–H and O–H groups in total. The van der Waals surface area contributed by atoms with Gasteiger partial charge in [-0.25, -0.2) is 4.68 Å². The SMILES string of the molecule is FC(F)(F)c1cc(-n2cccn2)ccn1. The average molecular weight is 213 g/mol. The molecular formula is C9H6F3N3. The molecule has 6 heteroatoms. The van der Waals surface area contributed by atoms with Crippen molar-refractivity contribution in [1.29, 1.82) is 0 Å². The van der Waals surface area contributed by atoms with Crippen LogP contribution >= 0.6 is 0 Å². The Morgan fingerprint density at radius 1 is 1.20 bits per heavy atom. The van der Waals surface area contributed by atoms with Crippen LogP contribution in [0.2, 0.25) is 0 Å². The van der Waals surface area contributed by atoms with Crippen molar-refractivity contribution < 1.29 is 13.2 Å². The largest absolute Gasteiger partial charge is 0.433 e. The van der Waals surface area contributed by atoms with Gasteiger partial charge >= 0.3 is 6.18 Å². The molecule has 0 fully saturated rings. The molecule has 0 aliphatic rings. The van der Waals surface area contributed by atoms with Gasteiger partial charge in [0.05, 0.1) is 5.69 Å². The fourth-order valence-corrected chi connectivity index (χ4v) is 1.14. The van der Waals surface area contributed by atoms with E-state index in [1.165, 1.54) is 16.9 Å². The summed E-state index contributed by atoms with van der Waals surface area (Å²) in [5.41, 5.74) is -0.585. The highest BCUT2D eigenvalue weighted by Gasteiger charge is 2.32. The molecule has 0 amide bonds. The molecule has 0 aliphatic heterocycles. The van der Waals surface area contributed by atoms with Gasteiger partial charge in [0, 0.05) is 18.6 Å². The third-order valence-electron chi connectivity index (χ3n) is 1.80. The standard InChI is InChI=1S/C9H6F3N3/c10-9(11,12)8-6-7(2-4-13-8)15-5-1-3-14-15/h1-6H. The molecule has 0 aliphatic carbocycles. The van der Waals surface area contributed by atoms with E-state index in [9.17, 15) is 13.2 Å². The van der Waals surface area contributed by atoms with E-state index in [0.717, 1.165) is 12.3 Å². The first-order chi connectivity index (χ1) is 7.07. The van der Waals surface area contributed by atoms with Crippen LogP contribution in [0, 0.1) is 0 Å². The summed E-state index contributed by atoms with van der Waals surface area (Å²) in [6, 6.07) is 4.04. The van der Waals surface area contributed by atoms with Crippen molar-refractivity contribution in [2.45, 2.75) is 6.18 Å². The number of pyridine rings is 1. The minimum absolute atomic E-state index is 0.335. The minimum atomic E-state index is -4.43. The lowest BCUT2D eigenvalue weighted by molar-refractivity contribution is -0.141. The fourth-order valence-electron chi connectivity index (χ4n) is 1.14. The Bertz CT molecular complexity index is 448. The zero-order valence-electron chi connectivity index (χ0n) is 7.44. The monoisotopic (exact) mass is 213 g/mol. The Morgan fingerprint density at radius 3 is 2.60 bits per heavy atom. The first-order valence-electron chi connectivity index (χ1n) is 4.10. The second-order valence-corrected chi connectivity index (χ2v) is 2.85. The highest BCUT2D eigenvalue weighted by molar-refractivity contribution is 5.31. The van der Waals surface area contributed by atoms with Crippen LogP contribution in [0.15, 0.2) is 36.8 Å². The second-order valence-electron chi connectivity index (χ2n) is 2.85. The van der Waals surface area contributed by atoms with E-state index in [4.69, 9.17) is 0 Å². The molecule has 2 heterocycles. The zero-order chi connectivity index (χ0) is 10.9. The molecule has 3 nitrogen and oxygen atoms in total. The highest BCUT2D eigenvalue weighted by Crippen LogP contribution is 2.28. The van der Waals surface area contributed by atoms with Gasteiger partial charge in [-0.1, -0.05) is 0 Å². The molecule has 0 unspecified atom stereocenters. The summed E-state index contributed by atoms with van der Waals surface area (Å²) in [4.78, 5) is 3.25. The van der Waals surface area contributed by atoms with Crippen molar-refractivity contribution in [3.63, 3.8) is 0 Å². The maximum atomic E-state index is 12.3. The van der Waals surface area contributed by atoms with E-state index in [1.54, 1.807) is 12.3 Å². The van der Waals surface area contributed by atoms with E-state index in [0.29, 0.717) is 5.69 Å². The first-order valence-corrected chi connectivity index (χ1v) is 4.10. The van der Waals surface area contributed by atoms with E-state index >= 15 is 0 Å². The van der Waals surface area contributed by atoms with E-state index in [2.05, 4.69) is 10.1 Å². The number of alkyl halides is 3. The Kier molecular flexibility index (Phi) is 2.18. The topological polar surface area (TPSA) is 30.7 Å². The van der Waals surface area contributed by atoms with Crippen molar-refractivity contribution >= 4 is 0 Å². The number of hydrogen-bond donors (Lipinski definition) is 0. The zero-order valence-corrected chi connectivity index (χ0v) is 7.44. The van der Waals surface area contributed by atoms with Crippen LogP contribution < -0.4 is 0 Å². The molecule has 15 heavy (non-hydrogen) atoms. The van der Waals surface area contributed by atoms with Gasteiger partial charge in [-0.05, 0) is 18.2 Å². The van der Waals surface area contributed by atoms with Crippen LogP contribution in [0.4, 0.5) is 13.2 Å². The van der Waals surface area contributed by atoms with Gasteiger partial charge in [0.1, 0.15) is 5.69 Å². The van der Waals surface area contributed by atoms with Crippen LogP contribution in [-0.2, 0) is 6.18 Å². The Hall–Kier alpha value is -1.85. The van der Waals surface area contributed by atoms with Gasteiger partial charge in [0.2, 0.25) is 0 Å². The molecular weight excluding hydrogens is 207 g/mol. The predicted octanol–water partition coefficient (Wildman–Crippen LogP) is 2.29. The Balaban J connectivity index is 2.44. The van der Waals surface area contributed by atoms with Gasteiger partial charge in [0.15, 0.2) is 0 Å². The van der Waals surface area contributed by atoms with Gasteiger partial charge in [-0.2, -0.15) is 18.3 Å². The van der Waals surface area contributed by atoms with Crippen LogP contribution in [0.1, 0.15) is 5.69 Å². The maximum absolute atomic E-state index is 12.3. The van der Waals surface area contributed by atoms with Crippen LogP contribution in [0.25, 0.3) is 5.69 Å². The van der Waals surface area contributed by atoms with Crippen molar-refractivity contribution in [2.24, 2.45) is 0 Å². The molecule has 0 radical (unpaired) electrons. The van der Waals surface area contributed by atoms with Crippen LogP contribution in [-0.4, -0.2) is 14.8 Å². The molecule has 0 saturated heterocycles. The molecule has 2 rings (SSSR count). The average Bonchev–Trinajstić information content (AvgIpc) is 2.69. The van der Waals surface area contributed by atoms with Crippen molar-refractivity contribution in [3.05, 3.63) is 42.5 Å². The molecule has 0 saturated carbocycles. The van der Waals surface area contributed by atoms with Gasteiger partial charge < -0.3 is 0 Å². The Labute approximate surface area is 83.2 Å². The van der Waals surface area contributed by atoms with Crippen molar-refractivity contribution in [2.75, 3.05) is 0 Å². The molecule has 2 aromatic heterocycles. The van der Waals surface area contributed by atoms with E-state index < -0.39 is 11.9 Å². The summed E-state index contributed by atoms with van der Waals surface area (Å²) in [7, 11) is 0. The van der Waals surface area contributed by atoms with Gasteiger partial charge in [0.25, 0.3) is 0 Å². The summed E-state index contributed by atoms with van der Waals surface area (Å²) < 4.78 is 38.3. The number of rotatable bonds is 1. The number of hydrogen-bond acceptors (Lipinski definition) is 2. The summed E-state index contributed by atoms with van der Waals surface area (Å²) in [5.74, 6) is 0. The van der Waals surface area contributed by atoms with Gasteiger partial charge in [-0.15, -0.1) is 0 Å². The number of aromatic nitrogens is 3. The lowest BCUT2D eigenvalue weighted by atomic mass is 10.3. The van der Waals surface area contributed by atoms with Gasteiger partial charge in [-0.3, -0.25) is 4.98 Å². The number of halogens is 3. The van der Waals surface area contributed by atoms with Crippen molar-refractivity contribution in [1.82, 2.24) is 14.8 Å². The second kappa shape index (κ2) is 3.38. The third kappa shape index (κ3) is 1.98. The quantitative estimate of drug-likeness (QED) is 0.727. The molecule has 2 aromatic rings. The molecule has 78 valence electrons. The molecule has 0 spiro atoms. The fraction of sp³-hybridized carbons (Fsp3) is 0.111. The van der Waals surface area contributed by atoms with Crippen molar-refractivity contribution in [3.8, 4) is 5.69 Å². The lowest BCUT2D eigenvalue weighted by Gasteiger charge is -2.07. The summed E-state index contributed by atoms with van der Waals surface area (Å²) in [5, 5.41) is 3.83. The van der Waals surface area contributed by atoms with Crippen LogP contribution in [0.3, 0.4) is 0 Å². The summed E-state index contributed by atoms with van der Waals surface area (Å²) >= 11 is 0. The number of nitrogens with zero attached hydrogens (tertiary/aromatic N) is 3. The normalized spacial score (nSPS) is 11.7. The molecule has 0 aromatic carbocycles. The smallest absolute Gasteiger partial charge is 0.252 e. The maximum Gasteiger partial charge on any atom is 0.433 e. The predicted molar refractivity (Wildman–Crippen MR) is 46.4 cm³/mol. The molecule has 0 atom stereocenters. The third-order valence-corrected chi connectivity index (χ3v) is 1.80. The summed E-state index contributed by atoms with van der Waals surface area (Å²) in [6.45, 7) is 0. The first kappa shape index (κ1) is 9.70. The summed E-state index contributed by atoms with van der Waals surface area (Å²) in [6.07, 6.45) is -0.258. The molecule has 0 bridgehead atoms. The highest BCUT2D eigenvalue weighted by atomic mass is 19.4. The van der Waals surface area contributed by atoms with E-state index in [-0.39, 0.29) is 0 Å².